The molecule has 0 aromatic heterocycles. The number of hydrogen-bond acceptors (Lipinski definition) is 1. The van der Waals surface area contributed by atoms with Crippen molar-refractivity contribution in [3.05, 3.63) is 0 Å². The summed E-state index contributed by atoms with van der Waals surface area (Å²) in [6.07, 6.45) is 5.58. The molecule has 1 aliphatic carbocycles. The second kappa shape index (κ2) is 3.66. The molecule has 0 nitrogen and oxygen atoms in total. The van der Waals surface area contributed by atoms with Crippen LogP contribution in [0.15, 0.2) is 0 Å². The van der Waals surface area contributed by atoms with Crippen LogP contribution in [-0.4, -0.2) is 5.25 Å². The molecule has 1 heteroatoms. The van der Waals surface area contributed by atoms with E-state index in [1.807, 2.05) is 0 Å². The molecule has 1 aliphatic rings. The van der Waals surface area contributed by atoms with Gasteiger partial charge in [-0.3, -0.25) is 0 Å². The number of thiol groups is 1. The summed E-state index contributed by atoms with van der Waals surface area (Å²) < 4.78 is 0. The molecule has 1 rings (SSSR count). The SMILES string of the molecule is CC(C)C1CCCCC1S. The predicted molar refractivity (Wildman–Crippen MR) is 49.6 cm³/mol. The maximum Gasteiger partial charge on any atom is 0.00475 e. The van der Waals surface area contributed by atoms with Gasteiger partial charge in [0, 0.05) is 5.25 Å². The summed E-state index contributed by atoms with van der Waals surface area (Å²) in [6, 6.07) is 0. The lowest BCUT2D eigenvalue weighted by Gasteiger charge is -2.30. The minimum absolute atomic E-state index is 0.689. The van der Waals surface area contributed by atoms with Crippen LogP contribution < -0.4 is 0 Å². The molecule has 0 aromatic carbocycles. The van der Waals surface area contributed by atoms with E-state index in [2.05, 4.69) is 26.5 Å². The van der Waals surface area contributed by atoms with Crippen LogP contribution in [0.5, 0.6) is 0 Å². The highest BCUT2D eigenvalue weighted by molar-refractivity contribution is 7.81. The Balaban J connectivity index is 2.40. The Kier molecular flexibility index (Phi) is 3.09. The summed E-state index contributed by atoms with van der Waals surface area (Å²) >= 11 is 4.60. The van der Waals surface area contributed by atoms with Gasteiger partial charge in [0.2, 0.25) is 0 Å². The van der Waals surface area contributed by atoms with Crippen LogP contribution >= 0.6 is 12.6 Å². The summed E-state index contributed by atoms with van der Waals surface area (Å²) in [4.78, 5) is 0. The van der Waals surface area contributed by atoms with Crippen LogP contribution in [0.2, 0.25) is 0 Å². The summed E-state index contributed by atoms with van der Waals surface area (Å²) in [5.41, 5.74) is 0. The van der Waals surface area contributed by atoms with Crippen LogP contribution in [0.25, 0.3) is 0 Å². The van der Waals surface area contributed by atoms with E-state index < -0.39 is 0 Å². The highest BCUT2D eigenvalue weighted by Crippen LogP contribution is 2.33. The molecule has 1 saturated carbocycles. The van der Waals surface area contributed by atoms with Gasteiger partial charge in [-0.1, -0.05) is 26.7 Å². The number of rotatable bonds is 1. The van der Waals surface area contributed by atoms with E-state index in [1.54, 1.807) is 0 Å². The van der Waals surface area contributed by atoms with Crippen LogP contribution in [-0.2, 0) is 0 Å². The van der Waals surface area contributed by atoms with Crippen molar-refractivity contribution >= 4 is 12.6 Å². The zero-order valence-corrected chi connectivity index (χ0v) is 7.90. The molecule has 0 bridgehead atoms. The third-order valence-corrected chi connectivity index (χ3v) is 3.28. The number of hydrogen-bond donors (Lipinski definition) is 1. The van der Waals surface area contributed by atoms with Gasteiger partial charge in [-0.25, -0.2) is 0 Å². The predicted octanol–water partition coefficient (Wildman–Crippen LogP) is 3.13. The van der Waals surface area contributed by atoms with Gasteiger partial charge < -0.3 is 0 Å². The van der Waals surface area contributed by atoms with Crippen LogP contribution in [0.4, 0.5) is 0 Å². The molecule has 60 valence electrons. The quantitative estimate of drug-likeness (QED) is 0.557. The second-order valence-corrected chi connectivity index (χ2v) is 4.42. The zero-order chi connectivity index (χ0) is 7.56. The van der Waals surface area contributed by atoms with Gasteiger partial charge >= 0.3 is 0 Å². The first-order valence-corrected chi connectivity index (χ1v) is 4.91. The summed E-state index contributed by atoms with van der Waals surface area (Å²) in [5, 5.41) is 0.689. The van der Waals surface area contributed by atoms with Crippen LogP contribution in [0, 0.1) is 11.8 Å². The molecule has 1 fully saturated rings. The monoisotopic (exact) mass is 158 g/mol. The van der Waals surface area contributed by atoms with Gasteiger partial charge in [0.25, 0.3) is 0 Å². The molecule has 0 heterocycles. The van der Waals surface area contributed by atoms with Crippen molar-refractivity contribution in [3.63, 3.8) is 0 Å². The van der Waals surface area contributed by atoms with Gasteiger partial charge in [0.15, 0.2) is 0 Å². The lowest BCUT2D eigenvalue weighted by atomic mass is 9.81. The first kappa shape index (κ1) is 8.45. The fraction of sp³-hybridized carbons (Fsp3) is 1.00. The molecule has 0 aromatic rings. The van der Waals surface area contributed by atoms with Crippen molar-refractivity contribution in [3.8, 4) is 0 Å². The zero-order valence-electron chi connectivity index (χ0n) is 7.01. The third-order valence-electron chi connectivity index (χ3n) is 2.64. The fourth-order valence-electron chi connectivity index (χ4n) is 1.92. The van der Waals surface area contributed by atoms with Crippen LogP contribution in [0.1, 0.15) is 39.5 Å². The minimum Gasteiger partial charge on any atom is -0.176 e. The summed E-state index contributed by atoms with van der Waals surface area (Å²) in [7, 11) is 0. The van der Waals surface area contributed by atoms with Crippen molar-refractivity contribution in [1.82, 2.24) is 0 Å². The average Bonchev–Trinajstić information content (AvgIpc) is 1.88. The molecule has 2 atom stereocenters. The Morgan fingerprint density at radius 2 is 1.80 bits per heavy atom. The Bertz CT molecular complexity index is 98.9. The fourth-order valence-corrected chi connectivity index (χ4v) is 2.59. The van der Waals surface area contributed by atoms with Crippen molar-refractivity contribution < 1.29 is 0 Å². The first-order valence-electron chi connectivity index (χ1n) is 4.40. The summed E-state index contributed by atoms with van der Waals surface area (Å²) in [6.45, 7) is 4.64. The lowest BCUT2D eigenvalue weighted by Crippen LogP contribution is -2.24. The van der Waals surface area contributed by atoms with Crippen molar-refractivity contribution in [2.24, 2.45) is 11.8 Å². The van der Waals surface area contributed by atoms with E-state index >= 15 is 0 Å². The van der Waals surface area contributed by atoms with Gasteiger partial charge in [-0.2, -0.15) is 12.6 Å². The molecule has 0 N–H and O–H groups in total. The van der Waals surface area contributed by atoms with E-state index in [1.165, 1.54) is 25.7 Å². The topological polar surface area (TPSA) is 0 Å². The minimum atomic E-state index is 0.689. The Labute approximate surface area is 69.8 Å². The maximum absolute atomic E-state index is 4.60. The van der Waals surface area contributed by atoms with E-state index in [4.69, 9.17) is 0 Å². The molecule has 0 saturated heterocycles. The molecule has 2 unspecified atom stereocenters. The van der Waals surface area contributed by atoms with E-state index in [-0.39, 0.29) is 0 Å². The maximum atomic E-state index is 4.60. The Morgan fingerprint density at radius 3 is 2.20 bits per heavy atom. The third kappa shape index (κ3) is 1.91. The largest absolute Gasteiger partial charge is 0.176 e. The Hall–Kier alpha value is 0.350. The lowest BCUT2D eigenvalue weighted by molar-refractivity contribution is 0.290. The average molecular weight is 158 g/mol. The van der Waals surface area contributed by atoms with E-state index in [0.29, 0.717) is 5.25 Å². The molecule has 0 amide bonds. The van der Waals surface area contributed by atoms with Gasteiger partial charge in [-0.15, -0.1) is 0 Å². The molecule has 0 radical (unpaired) electrons. The van der Waals surface area contributed by atoms with Crippen LogP contribution in [0.3, 0.4) is 0 Å². The van der Waals surface area contributed by atoms with Gasteiger partial charge in [-0.05, 0) is 24.7 Å². The molecule has 0 aliphatic heterocycles. The van der Waals surface area contributed by atoms with Crippen molar-refractivity contribution in [1.29, 1.82) is 0 Å². The van der Waals surface area contributed by atoms with Gasteiger partial charge in [0.1, 0.15) is 0 Å². The Morgan fingerprint density at radius 1 is 1.20 bits per heavy atom. The highest BCUT2D eigenvalue weighted by Gasteiger charge is 2.24. The smallest absolute Gasteiger partial charge is 0.00475 e. The van der Waals surface area contributed by atoms with E-state index in [9.17, 15) is 0 Å². The van der Waals surface area contributed by atoms with Gasteiger partial charge in [0.05, 0.1) is 0 Å². The second-order valence-electron chi connectivity index (χ2n) is 3.76. The van der Waals surface area contributed by atoms with E-state index in [0.717, 1.165) is 11.8 Å². The van der Waals surface area contributed by atoms with Crippen molar-refractivity contribution in [2.45, 2.75) is 44.8 Å². The standard InChI is InChI=1S/C9H18S/c1-7(2)8-5-3-4-6-9(8)10/h7-10H,3-6H2,1-2H3. The normalized spacial score (nSPS) is 34.8. The molecule has 10 heavy (non-hydrogen) atoms. The molecular formula is C9H18S. The summed E-state index contributed by atoms with van der Waals surface area (Å²) in [5.74, 6) is 1.72. The highest BCUT2D eigenvalue weighted by atomic mass is 32.1. The van der Waals surface area contributed by atoms with Crippen molar-refractivity contribution in [2.75, 3.05) is 0 Å². The first-order chi connectivity index (χ1) is 4.72. The molecule has 0 spiro atoms. The molecular weight excluding hydrogens is 140 g/mol.